The van der Waals surface area contributed by atoms with E-state index < -0.39 is 11.0 Å². The molecule has 0 spiro atoms. The first-order valence-electron chi connectivity index (χ1n) is 4.77. The summed E-state index contributed by atoms with van der Waals surface area (Å²) in [6, 6.07) is 7.09. The lowest BCUT2D eigenvalue weighted by molar-refractivity contribution is 0.0940. The Kier molecular flexibility index (Phi) is 5.59. The second-order valence-electron chi connectivity index (χ2n) is 3.34. The molecule has 0 saturated carbocycles. The summed E-state index contributed by atoms with van der Waals surface area (Å²) in [5.74, 6) is -0.310. The molecule has 0 aliphatic heterocycles. The number of carbonyl (C=O) groups is 1. The van der Waals surface area contributed by atoms with Crippen molar-refractivity contribution in [2.75, 3.05) is 0 Å². The summed E-state index contributed by atoms with van der Waals surface area (Å²) in [7, 11) is 0. The van der Waals surface area contributed by atoms with Gasteiger partial charge in [0.05, 0.1) is 5.16 Å². The first kappa shape index (κ1) is 14.1. The van der Waals surface area contributed by atoms with Gasteiger partial charge in [-0.2, -0.15) is 0 Å². The molecule has 0 heterocycles. The number of nitrogens with zero attached hydrogens (tertiary/aromatic N) is 1. The normalized spacial score (nSPS) is 11.8. The van der Waals surface area contributed by atoms with Crippen molar-refractivity contribution in [2.45, 2.75) is 17.9 Å². The third kappa shape index (κ3) is 4.44. The Labute approximate surface area is 115 Å². The number of rotatable bonds is 4. The van der Waals surface area contributed by atoms with Crippen molar-refractivity contribution >= 4 is 46.5 Å². The third-order valence-corrected chi connectivity index (χ3v) is 2.61. The standard InChI is InChI=1S/C11H10Cl2N2OS/c1-7-2-4-8(5-3-7)11(16)15-10(9(12)13)14-6-17/h2-5,9-10H,1H3,(H,15,16)/t10-/m1/s1. The van der Waals surface area contributed by atoms with Gasteiger partial charge in [-0.3, -0.25) is 4.79 Å². The van der Waals surface area contributed by atoms with Crippen LogP contribution in [0.25, 0.3) is 0 Å². The van der Waals surface area contributed by atoms with Crippen molar-refractivity contribution < 1.29 is 4.79 Å². The number of aliphatic imine (C=N–C) groups is 1. The number of amides is 1. The van der Waals surface area contributed by atoms with E-state index in [4.69, 9.17) is 23.2 Å². The van der Waals surface area contributed by atoms with Crippen LogP contribution < -0.4 is 5.32 Å². The summed E-state index contributed by atoms with van der Waals surface area (Å²) >= 11 is 15.7. The van der Waals surface area contributed by atoms with Gasteiger partial charge in [0.2, 0.25) is 0 Å². The zero-order chi connectivity index (χ0) is 12.8. The molecular weight excluding hydrogens is 279 g/mol. The van der Waals surface area contributed by atoms with Crippen LogP contribution in [0.1, 0.15) is 15.9 Å². The molecule has 90 valence electrons. The molecule has 0 aliphatic carbocycles. The lowest BCUT2D eigenvalue weighted by Gasteiger charge is -2.13. The topological polar surface area (TPSA) is 41.5 Å². The van der Waals surface area contributed by atoms with Crippen LogP contribution in [0.15, 0.2) is 29.3 Å². The highest BCUT2D eigenvalue weighted by Crippen LogP contribution is 2.10. The number of carbonyl (C=O) groups excluding carboxylic acids is 1. The van der Waals surface area contributed by atoms with Crippen molar-refractivity contribution in [3.8, 4) is 0 Å². The van der Waals surface area contributed by atoms with Crippen LogP contribution in [0.4, 0.5) is 0 Å². The third-order valence-electron chi connectivity index (χ3n) is 2.02. The lowest BCUT2D eigenvalue weighted by atomic mass is 10.1. The van der Waals surface area contributed by atoms with Crippen molar-refractivity contribution in [1.82, 2.24) is 5.32 Å². The van der Waals surface area contributed by atoms with Gasteiger partial charge < -0.3 is 5.32 Å². The number of hydrogen-bond donors (Lipinski definition) is 1. The number of hydrogen-bond acceptors (Lipinski definition) is 3. The van der Waals surface area contributed by atoms with Crippen LogP contribution in [-0.2, 0) is 0 Å². The van der Waals surface area contributed by atoms with E-state index in [9.17, 15) is 4.79 Å². The molecule has 1 atom stereocenters. The number of benzene rings is 1. The van der Waals surface area contributed by atoms with Gasteiger partial charge >= 0.3 is 0 Å². The molecule has 1 rings (SSSR count). The molecule has 3 nitrogen and oxygen atoms in total. The van der Waals surface area contributed by atoms with E-state index in [1.165, 1.54) is 0 Å². The van der Waals surface area contributed by atoms with E-state index >= 15 is 0 Å². The van der Waals surface area contributed by atoms with Gasteiger partial charge in [0, 0.05) is 5.56 Å². The van der Waals surface area contributed by atoms with Gasteiger partial charge in [-0.1, -0.05) is 17.7 Å². The van der Waals surface area contributed by atoms with E-state index in [0.717, 1.165) is 5.56 Å². The highest BCUT2D eigenvalue weighted by atomic mass is 35.5. The first-order chi connectivity index (χ1) is 8.04. The zero-order valence-electron chi connectivity index (χ0n) is 8.98. The molecule has 1 aromatic rings. The molecule has 0 saturated heterocycles. The minimum absolute atomic E-state index is 0.310. The Morgan fingerprint density at radius 3 is 2.47 bits per heavy atom. The monoisotopic (exact) mass is 288 g/mol. The Morgan fingerprint density at radius 2 is 2.00 bits per heavy atom. The Bertz CT molecular complexity index is 441. The Hall–Kier alpha value is -0.930. The van der Waals surface area contributed by atoms with Crippen LogP contribution >= 0.6 is 35.4 Å². The van der Waals surface area contributed by atoms with Gasteiger partial charge in [-0.05, 0) is 31.3 Å². The van der Waals surface area contributed by atoms with Gasteiger partial charge in [0.15, 0.2) is 6.17 Å². The molecule has 0 unspecified atom stereocenters. The molecule has 0 bridgehead atoms. The van der Waals surface area contributed by atoms with E-state index in [1.54, 1.807) is 12.1 Å². The predicted octanol–water partition coefficient (Wildman–Crippen LogP) is 2.96. The molecular formula is C11H10Cl2N2OS. The van der Waals surface area contributed by atoms with Crippen molar-refractivity contribution in [3.05, 3.63) is 35.4 Å². The van der Waals surface area contributed by atoms with Crippen LogP contribution in [0, 0.1) is 6.92 Å². The summed E-state index contributed by atoms with van der Waals surface area (Å²) in [5, 5.41) is 4.69. The van der Waals surface area contributed by atoms with Gasteiger partial charge in [0.25, 0.3) is 5.91 Å². The van der Waals surface area contributed by atoms with Gasteiger partial charge in [0.1, 0.15) is 4.84 Å². The van der Waals surface area contributed by atoms with Gasteiger partial charge in [-0.25, -0.2) is 4.99 Å². The Morgan fingerprint density at radius 1 is 1.41 bits per heavy atom. The van der Waals surface area contributed by atoms with Crippen LogP contribution in [0.2, 0.25) is 0 Å². The smallest absolute Gasteiger partial charge is 0.253 e. The number of halogens is 2. The number of isothiocyanates is 1. The summed E-state index contributed by atoms with van der Waals surface area (Å²) in [5.41, 5.74) is 1.58. The summed E-state index contributed by atoms with van der Waals surface area (Å²) < 4.78 is 0. The number of thiocarbonyl (C=S) groups is 1. The SMILES string of the molecule is Cc1ccc(C(=O)N[C@@H](N=C=S)C(Cl)Cl)cc1. The van der Waals surface area contributed by atoms with Crippen molar-refractivity contribution in [1.29, 1.82) is 0 Å². The first-order valence-corrected chi connectivity index (χ1v) is 6.05. The molecule has 0 aliphatic rings. The summed E-state index contributed by atoms with van der Waals surface area (Å²) in [6.45, 7) is 1.94. The highest BCUT2D eigenvalue weighted by molar-refractivity contribution is 7.78. The molecule has 1 aromatic carbocycles. The molecule has 17 heavy (non-hydrogen) atoms. The van der Waals surface area contributed by atoms with Crippen molar-refractivity contribution in [2.24, 2.45) is 4.99 Å². The minimum atomic E-state index is -0.875. The molecule has 1 amide bonds. The fourth-order valence-corrected chi connectivity index (χ4v) is 1.48. The second-order valence-corrected chi connectivity index (χ2v) is 4.69. The maximum Gasteiger partial charge on any atom is 0.253 e. The average molecular weight is 289 g/mol. The molecule has 0 aromatic heterocycles. The predicted molar refractivity (Wildman–Crippen MR) is 73.0 cm³/mol. The molecule has 0 radical (unpaired) electrons. The second kappa shape index (κ2) is 6.72. The maximum atomic E-state index is 11.8. The molecule has 1 N–H and O–H groups in total. The minimum Gasteiger partial charge on any atom is -0.327 e. The number of aryl methyl sites for hydroxylation is 1. The Balaban J connectivity index is 2.77. The van der Waals surface area contributed by atoms with E-state index in [1.807, 2.05) is 19.1 Å². The fourth-order valence-electron chi connectivity index (χ4n) is 1.13. The lowest BCUT2D eigenvalue weighted by Crippen LogP contribution is -2.37. The number of alkyl halides is 2. The number of nitrogens with one attached hydrogen (secondary N) is 1. The van der Waals surface area contributed by atoms with Crippen molar-refractivity contribution in [3.63, 3.8) is 0 Å². The van der Waals surface area contributed by atoms with Crippen LogP contribution in [-0.4, -0.2) is 22.1 Å². The van der Waals surface area contributed by atoms with Crippen LogP contribution in [0.3, 0.4) is 0 Å². The van der Waals surface area contributed by atoms with E-state index in [-0.39, 0.29) is 5.91 Å². The van der Waals surface area contributed by atoms with Crippen LogP contribution in [0.5, 0.6) is 0 Å². The maximum absolute atomic E-state index is 11.8. The highest BCUT2D eigenvalue weighted by Gasteiger charge is 2.18. The fraction of sp³-hybridized carbons (Fsp3) is 0.273. The van der Waals surface area contributed by atoms with E-state index in [0.29, 0.717) is 5.56 Å². The van der Waals surface area contributed by atoms with Gasteiger partial charge in [-0.15, -0.1) is 23.2 Å². The molecule has 6 heteroatoms. The summed E-state index contributed by atoms with van der Waals surface area (Å²) in [4.78, 5) is 14.6. The quantitative estimate of drug-likeness (QED) is 0.526. The summed E-state index contributed by atoms with van der Waals surface area (Å²) in [6.07, 6.45) is -0.787. The van der Waals surface area contributed by atoms with E-state index in [2.05, 4.69) is 27.7 Å². The molecule has 0 fully saturated rings. The largest absolute Gasteiger partial charge is 0.327 e. The zero-order valence-corrected chi connectivity index (χ0v) is 11.3. The average Bonchev–Trinajstić information content (AvgIpc) is 2.29.